The van der Waals surface area contributed by atoms with Gasteiger partial charge in [-0.3, -0.25) is 14.5 Å². The fraction of sp³-hybridized carbons (Fsp3) is 0.348. The highest BCUT2D eigenvalue weighted by Gasteiger charge is 2.38. The van der Waals surface area contributed by atoms with Gasteiger partial charge in [0.15, 0.2) is 5.13 Å². The maximum Gasteiger partial charge on any atom is 0.230 e. The second-order valence-electron chi connectivity index (χ2n) is 7.61. The third-order valence-electron chi connectivity index (χ3n) is 5.37. The Morgan fingerprint density at radius 3 is 2.59 bits per heavy atom. The number of thiazole rings is 1. The molecule has 4 rings (SSSR count). The molecule has 2 aromatic carbocycles. The summed E-state index contributed by atoms with van der Waals surface area (Å²) in [6.07, 6.45) is 1.99. The summed E-state index contributed by atoms with van der Waals surface area (Å²) in [6.45, 7) is 3.01. The van der Waals surface area contributed by atoms with Gasteiger partial charge in [0, 0.05) is 25.4 Å². The maximum absolute atomic E-state index is 13.0. The van der Waals surface area contributed by atoms with E-state index in [1.54, 1.807) is 4.90 Å². The Bertz CT molecular complexity index is 969. The van der Waals surface area contributed by atoms with Crippen LogP contribution in [0.5, 0.6) is 0 Å². The lowest BCUT2D eigenvalue weighted by atomic mass is 10.1. The molecule has 5 nitrogen and oxygen atoms in total. The first-order chi connectivity index (χ1) is 14.1. The molecule has 0 aliphatic heterocycles. The molecule has 3 aromatic rings. The summed E-state index contributed by atoms with van der Waals surface area (Å²) in [5, 5.41) is 3.63. The van der Waals surface area contributed by atoms with Crippen molar-refractivity contribution in [2.45, 2.75) is 26.2 Å². The van der Waals surface area contributed by atoms with E-state index in [4.69, 9.17) is 0 Å². The van der Waals surface area contributed by atoms with Crippen molar-refractivity contribution in [2.24, 2.45) is 11.8 Å². The highest BCUT2D eigenvalue weighted by molar-refractivity contribution is 7.22. The highest BCUT2D eigenvalue weighted by Crippen LogP contribution is 2.37. The second kappa shape index (κ2) is 8.74. The van der Waals surface area contributed by atoms with Crippen molar-refractivity contribution in [3.8, 4) is 0 Å². The molecule has 0 spiro atoms. The molecule has 0 radical (unpaired) electrons. The van der Waals surface area contributed by atoms with Gasteiger partial charge in [0.25, 0.3) is 0 Å². The van der Waals surface area contributed by atoms with Crippen molar-refractivity contribution in [3.05, 3.63) is 60.2 Å². The third-order valence-corrected chi connectivity index (χ3v) is 6.43. The van der Waals surface area contributed by atoms with E-state index in [0.717, 1.165) is 23.1 Å². The first kappa shape index (κ1) is 19.6. The molecule has 1 fully saturated rings. The van der Waals surface area contributed by atoms with Crippen LogP contribution in [0.15, 0.2) is 54.6 Å². The van der Waals surface area contributed by atoms with Crippen LogP contribution in [0.2, 0.25) is 0 Å². The molecule has 1 heterocycles. The van der Waals surface area contributed by atoms with Gasteiger partial charge in [-0.15, -0.1) is 0 Å². The zero-order valence-electron chi connectivity index (χ0n) is 16.5. The number of fused-ring (bicyclic) bond motifs is 1. The van der Waals surface area contributed by atoms with E-state index in [-0.39, 0.29) is 24.2 Å². The number of amides is 2. The van der Waals surface area contributed by atoms with E-state index in [2.05, 4.69) is 29.4 Å². The molecule has 2 unspecified atom stereocenters. The van der Waals surface area contributed by atoms with E-state index in [0.29, 0.717) is 24.1 Å². The summed E-state index contributed by atoms with van der Waals surface area (Å²) < 4.78 is 1.07. The van der Waals surface area contributed by atoms with E-state index in [9.17, 15) is 9.59 Å². The average Bonchev–Trinajstić information content (AvgIpc) is 3.31. The van der Waals surface area contributed by atoms with Crippen LogP contribution >= 0.6 is 11.3 Å². The number of benzene rings is 2. The highest BCUT2D eigenvalue weighted by atomic mass is 32.1. The SMILES string of the molecule is CC1CC1C(=O)NCCC(=O)N(CCc1ccccc1)c1nc2ccccc2s1. The quantitative estimate of drug-likeness (QED) is 0.613. The lowest BCUT2D eigenvalue weighted by Crippen LogP contribution is -2.36. The number of hydrogen-bond donors (Lipinski definition) is 1. The zero-order valence-corrected chi connectivity index (χ0v) is 17.3. The Kier molecular flexibility index (Phi) is 5.90. The topological polar surface area (TPSA) is 62.3 Å². The monoisotopic (exact) mass is 407 g/mol. The van der Waals surface area contributed by atoms with E-state index in [1.807, 2.05) is 42.5 Å². The normalized spacial score (nSPS) is 17.8. The number of anilines is 1. The summed E-state index contributed by atoms with van der Waals surface area (Å²) in [6, 6.07) is 18.1. The summed E-state index contributed by atoms with van der Waals surface area (Å²) in [4.78, 5) is 31.5. The van der Waals surface area contributed by atoms with Crippen LogP contribution in [-0.2, 0) is 16.0 Å². The summed E-state index contributed by atoms with van der Waals surface area (Å²) in [7, 11) is 0. The fourth-order valence-electron chi connectivity index (χ4n) is 3.43. The Labute approximate surface area is 174 Å². The van der Waals surface area contributed by atoms with Gasteiger partial charge in [-0.05, 0) is 36.5 Å². The minimum atomic E-state index is -0.0101. The second-order valence-corrected chi connectivity index (χ2v) is 8.61. The van der Waals surface area contributed by atoms with Gasteiger partial charge in [-0.1, -0.05) is 60.7 Å². The number of aromatic nitrogens is 1. The van der Waals surface area contributed by atoms with E-state index < -0.39 is 0 Å². The standard InChI is InChI=1S/C23H25N3O2S/c1-16-15-18(16)22(28)24-13-11-21(27)26(14-12-17-7-3-2-4-8-17)23-25-19-9-5-6-10-20(19)29-23/h2-10,16,18H,11-15H2,1H3,(H,24,28). The molecule has 1 aromatic heterocycles. The Balaban J connectivity index is 1.44. The Hall–Kier alpha value is -2.73. The first-order valence-electron chi connectivity index (χ1n) is 10.1. The fourth-order valence-corrected chi connectivity index (χ4v) is 4.44. The van der Waals surface area contributed by atoms with Crippen LogP contribution in [0, 0.1) is 11.8 Å². The molecule has 0 bridgehead atoms. The van der Waals surface area contributed by atoms with E-state index in [1.165, 1.54) is 16.9 Å². The van der Waals surface area contributed by atoms with Crippen LogP contribution in [-0.4, -0.2) is 29.9 Å². The minimum Gasteiger partial charge on any atom is -0.355 e. The van der Waals surface area contributed by atoms with Crippen LogP contribution in [0.3, 0.4) is 0 Å². The lowest BCUT2D eigenvalue weighted by Gasteiger charge is -2.20. The van der Waals surface area contributed by atoms with Crippen molar-refractivity contribution < 1.29 is 9.59 Å². The Morgan fingerprint density at radius 1 is 1.14 bits per heavy atom. The largest absolute Gasteiger partial charge is 0.355 e. The third kappa shape index (κ3) is 4.82. The molecule has 29 heavy (non-hydrogen) atoms. The van der Waals surface area contributed by atoms with Gasteiger partial charge in [-0.25, -0.2) is 4.98 Å². The van der Waals surface area contributed by atoms with Crippen molar-refractivity contribution in [3.63, 3.8) is 0 Å². The van der Waals surface area contributed by atoms with Crippen LogP contribution < -0.4 is 10.2 Å². The first-order valence-corrected chi connectivity index (χ1v) is 10.9. The van der Waals surface area contributed by atoms with Crippen LogP contribution in [0.25, 0.3) is 10.2 Å². The van der Waals surface area contributed by atoms with Crippen molar-refractivity contribution >= 4 is 38.5 Å². The molecule has 1 aliphatic rings. The number of carbonyl (C=O) groups is 2. The van der Waals surface area contributed by atoms with Gasteiger partial charge in [-0.2, -0.15) is 0 Å². The van der Waals surface area contributed by atoms with Gasteiger partial charge < -0.3 is 5.32 Å². The van der Waals surface area contributed by atoms with Gasteiger partial charge in [0.2, 0.25) is 11.8 Å². The molecular weight excluding hydrogens is 382 g/mol. The van der Waals surface area contributed by atoms with Crippen molar-refractivity contribution in [1.29, 1.82) is 0 Å². The number of para-hydroxylation sites is 1. The number of nitrogens with zero attached hydrogens (tertiary/aromatic N) is 2. The molecule has 150 valence electrons. The van der Waals surface area contributed by atoms with Crippen molar-refractivity contribution in [1.82, 2.24) is 10.3 Å². The average molecular weight is 408 g/mol. The van der Waals surface area contributed by atoms with Gasteiger partial charge in [0.1, 0.15) is 0 Å². The molecule has 1 N–H and O–H groups in total. The van der Waals surface area contributed by atoms with E-state index >= 15 is 0 Å². The van der Waals surface area contributed by atoms with Gasteiger partial charge in [0.05, 0.1) is 10.2 Å². The minimum absolute atomic E-state index is 0.0101. The predicted molar refractivity (Wildman–Crippen MR) is 117 cm³/mol. The Morgan fingerprint density at radius 2 is 1.86 bits per heavy atom. The number of hydrogen-bond acceptors (Lipinski definition) is 4. The lowest BCUT2D eigenvalue weighted by molar-refractivity contribution is -0.122. The van der Waals surface area contributed by atoms with Crippen molar-refractivity contribution in [2.75, 3.05) is 18.0 Å². The number of nitrogens with one attached hydrogen (secondary N) is 1. The molecule has 6 heteroatoms. The van der Waals surface area contributed by atoms with Crippen LogP contribution in [0.4, 0.5) is 5.13 Å². The predicted octanol–water partition coefficient (Wildman–Crippen LogP) is 4.03. The maximum atomic E-state index is 13.0. The van der Waals surface area contributed by atoms with Gasteiger partial charge >= 0.3 is 0 Å². The molecular formula is C23H25N3O2S. The van der Waals surface area contributed by atoms with Crippen LogP contribution in [0.1, 0.15) is 25.3 Å². The smallest absolute Gasteiger partial charge is 0.230 e. The number of carbonyl (C=O) groups excluding carboxylic acids is 2. The molecule has 1 aliphatic carbocycles. The molecule has 1 saturated carbocycles. The summed E-state index contributed by atoms with van der Waals surface area (Å²) >= 11 is 1.53. The molecule has 2 atom stereocenters. The molecule has 2 amide bonds. The zero-order chi connectivity index (χ0) is 20.2. The number of rotatable bonds is 8. The summed E-state index contributed by atoms with van der Waals surface area (Å²) in [5.74, 6) is 0.657. The summed E-state index contributed by atoms with van der Waals surface area (Å²) in [5.41, 5.74) is 2.09. The molecule has 0 saturated heterocycles.